The molecule has 0 saturated heterocycles. The zero-order chi connectivity index (χ0) is 21.6. The highest BCUT2D eigenvalue weighted by Gasteiger charge is 2.15. The van der Waals surface area contributed by atoms with Gasteiger partial charge in [0.2, 0.25) is 0 Å². The first-order chi connectivity index (χ1) is 14.4. The van der Waals surface area contributed by atoms with Crippen LogP contribution >= 0.6 is 0 Å². The average molecular weight is 426 g/mol. The lowest BCUT2D eigenvalue weighted by atomic mass is 10.2. The molecule has 2 N–H and O–H groups in total. The summed E-state index contributed by atoms with van der Waals surface area (Å²) >= 11 is 0. The second-order valence-electron chi connectivity index (χ2n) is 6.27. The molecule has 0 aliphatic carbocycles. The highest BCUT2D eigenvalue weighted by molar-refractivity contribution is 7.92. The number of carbonyl (C=O) groups is 1. The molecule has 8 heteroatoms. The van der Waals surface area contributed by atoms with Crippen LogP contribution < -0.4 is 19.5 Å². The molecular formula is C22H22N2O5S. The van der Waals surface area contributed by atoms with E-state index in [9.17, 15) is 13.2 Å². The number of ether oxygens (including phenoxy) is 2. The zero-order valence-electron chi connectivity index (χ0n) is 16.6. The molecule has 0 radical (unpaired) electrons. The van der Waals surface area contributed by atoms with Gasteiger partial charge in [-0.05, 0) is 79.7 Å². The third-order valence-electron chi connectivity index (χ3n) is 4.19. The van der Waals surface area contributed by atoms with Crippen molar-refractivity contribution in [2.45, 2.75) is 11.8 Å². The van der Waals surface area contributed by atoms with Crippen LogP contribution in [0, 0.1) is 0 Å². The fraction of sp³-hybridized carbons (Fsp3) is 0.136. The smallest absolute Gasteiger partial charge is 0.261 e. The van der Waals surface area contributed by atoms with Crippen LogP contribution in [-0.2, 0) is 10.0 Å². The Hall–Kier alpha value is -3.52. The normalized spacial score (nSPS) is 10.9. The van der Waals surface area contributed by atoms with Crippen molar-refractivity contribution in [3.8, 4) is 11.5 Å². The molecule has 3 rings (SSSR count). The van der Waals surface area contributed by atoms with E-state index in [0.717, 1.165) is 0 Å². The van der Waals surface area contributed by atoms with Gasteiger partial charge in [0.25, 0.3) is 15.9 Å². The van der Waals surface area contributed by atoms with E-state index in [2.05, 4.69) is 10.0 Å². The van der Waals surface area contributed by atoms with Crippen molar-refractivity contribution in [2.24, 2.45) is 0 Å². The van der Waals surface area contributed by atoms with Gasteiger partial charge in [0.1, 0.15) is 11.5 Å². The molecule has 0 unspecified atom stereocenters. The molecule has 30 heavy (non-hydrogen) atoms. The topological polar surface area (TPSA) is 93.7 Å². The molecule has 0 atom stereocenters. The summed E-state index contributed by atoms with van der Waals surface area (Å²) in [5, 5.41) is 2.74. The standard InChI is InChI=1S/C22H22N2O5S/c1-3-29-20-10-4-16(5-11-20)22(25)23-17-8-14-21(15-9-17)30(26,27)24-18-6-12-19(28-2)13-7-18/h4-15,24H,3H2,1-2H3,(H,23,25). The largest absolute Gasteiger partial charge is 0.497 e. The third-order valence-corrected chi connectivity index (χ3v) is 5.59. The fourth-order valence-corrected chi connectivity index (χ4v) is 3.72. The molecule has 0 aromatic heterocycles. The highest BCUT2D eigenvalue weighted by atomic mass is 32.2. The Morgan fingerprint density at radius 2 is 1.40 bits per heavy atom. The van der Waals surface area contributed by atoms with Gasteiger partial charge in [0.05, 0.1) is 18.6 Å². The van der Waals surface area contributed by atoms with Gasteiger partial charge in [0.15, 0.2) is 0 Å². The van der Waals surface area contributed by atoms with Gasteiger partial charge in [0, 0.05) is 16.9 Å². The summed E-state index contributed by atoms with van der Waals surface area (Å²) in [6, 6.07) is 19.3. The number of methoxy groups -OCH3 is 1. The predicted octanol–water partition coefficient (Wildman–Crippen LogP) is 4.15. The van der Waals surface area contributed by atoms with Gasteiger partial charge in [-0.1, -0.05) is 0 Å². The van der Waals surface area contributed by atoms with E-state index >= 15 is 0 Å². The highest BCUT2D eigenvalue weighted by Crippen LogP contribution is 2.21. The average Bonchev–Trinajstić information content (AvgIpc) is 2.75. The van der Waals surface area contributed by atoms with Crippen molar-refractivity contribution in [3.05, 3.63) is 78.4 Å². The van der Waals surface area contributed by atoms with Crippen LogP contribution in [0.5, 0.6) is 11.5 Å². The quantitative estimate of drug-likeness (QED) is 0.564. The summed E-state index contributed by atoms with van der Waals surface area (Å²) in [5.41, 5.74) is 1.37. The van der Waals surface area contributed by atoms with E-state index in [1.54, 1.807) is 48.5 Å². The van der Waals surface area contributed by atoms with Gasteiger partial charge < -0.3 is 14.8 Å². The maximum Gasteiger partial charge on any atom is 0.261 e. The number of benzene rings is 3. The van der Waals surface area contributed by atoms with Gasteiger partial charge in [-0.15, -0.1) is 0 Å². The maximum absolute atomic E-state index is 12.6. The molecule has 1 amide bonds. The van der Waals surface area contributed by atoms with Gasteiger partial charge in [-0.25, -0.2) is 8.42 Å². The molecular weight excluding hydrogens is 404 g/mol. The Balaban J connectivity index is 1.66. The number of rotatable bonds is 8. The molecule has 0 heterocycles. The van der Waals surface area contributed by atoms with Crippen LogP contribution in [0.2, 0.25) is 0 Å². The van der Waals surface area contributed by atoms with Crippen molar-refractivity contribution in [1.29, 1.82) is 0 Å². The molecule has 3 aromatic rings. The van der Waals surface area contributed by atoms with Crippen molar-refractivity contribution in [2.75, 3.05) is 23.8 Å². The van der Waals surface area contributed by atoms with Crippen molar-refractivity contribution < 1.29 is 22.7 Å². The Kier molecular flexibility index (Phi) is 6.58. The number of carbonyl (C=O) groups excluding carboxylic acids is 1. The third kappa shape index (κ3) is 5.30. The number of nitrogens with one attached hydrogen (secondary N) is 2. The van der Waals surface area contributed by atoms with Gasteiger partial charge in [-0.2, -0.15) is 0 Å². The fourth-order valence-electron chi connectivity index (χ4n) is 2.66. The van der Waals surface area contributed by atoms with Gasteiger partial charge in [-0.3, -0.25) is 9.52 Å². The Bertz CT molecular complexity index is 1090. The Morgan fingerprint density at radius 3 is 1.97 bits per heavy atom. The maximum atomic E-state index is 12.6. The molecule has 0 aliphatic heterocycles. The number of amides is 1. The van der Waals surface area contributed by atoms with Crippen molar-refractivity contribution in [1.82, 2.24) is 0 Å². The van der Waals surface area contributed by atoms with E-state index in [0.29, 0.717) is 35.0 Å². The predicted molar refractivity (Wildman–Crippen MR) is 116 cm³/mol. The molecule has 7 nitrogen and oxygen atoms in total. The first kappa shape index (κ1) is 21.2. The summed E-state index contributed by atoms with van der Waals surface area (Å²) in [4.78, 5) is 12.4. The van der Waals surface area contributed by atoms with E-state index in [-0.39, 0.29) is 10.8 Å². The van der Waals surface area contributed by atoms with Crippen LogP contribution in [0.4, 0.5) is 11.4 Å². The molecule has 0 aliphatic rings. The summed E-state index contributed by atoms with van der Waals surface area (Å²) < 4.78 is 38.0. The minimum absolute atomic E-state index is 0.0809. The molecule has 0 bridgehead atoms. The summed E-state index contributed by atoms with van der Waals surface area (Å²) in [6.45, 7) is 2.44. The SMILES string of the molecule is CCOc1ccc(C(=O)Nc2ccc(S(=O)(=O)Nc3ccc(OC)cc3)cc2)cc1. The Morgan fingerprint density at radius 1 is 0.833 bits per heavy atom. The van der Waals surface area contributed by atoms with E-state index in [1.165, 1.54) is 31.4 Å². The van der Waals surface area contributed by atoms with Crippen LogP contribution in [-0.4, -0.2) is 28.0 Å². The number of anilines is 2. The molecule has 0 saturated carbocycles. The first-order valence-electron chi connectivity index (χ1n) is 9.22. The number of sulfonamides is 1. The summed E-state index contributed by atoms with van der Waals surface area (Å²) in [7, 11) is -2.22. The Labute approximate surface area is 175 Å². The number of hydrogen-bond donors (Lipinski definition) is 2. The summed E-state index contributed by atoms with van der Waals surface area (Å²) in [6.07, 6.45) is 0. The molecule has 0 fully saturated rings. The summed E-state index contributed by atoms with van der Waals surface area (Å²) in [5.74, 6) is 1.02. The van der Waals surface area contributed by atoms with Gasteiger partial charge >= 0.3 is 0 Å². The number of hydrogen-bond acceptors (Lipinski definition) is 5. The molecule has 0 spiro atoms. The second kappa shape index (κ2) is 9.32. The minimum atomic E-state index is -3.76. The monoisotopic (exact) mass is 426 g/mol. The van der Waals surface area contributed by atoms with Crippen molar-refractivity contribution in [3.63, 3.8) is 0 Å². The lowest BCUT2D eigenvalue weighted by molar-refractivity contribution is 0.102. The molecule has 3 aromatic carbocycles. The van der Waals surface area contributed by atoms with Crippen LogP contribution in [0.25, 0.3) is 0 Å². The lowest BCUT2D eigenvalue weighted by Gasteiger charge is -2.10. The molecule has 156 valence electrons. The van der Waals surface area contributed by atoms with Crippen LogP contribution in [0.15, 0.2) is 77.7 Å². The van der Waals surface area contributed by atoms with E-state index in [1.807, 2.05) is 6.92 Å². The van der Waals surface area contributed by atoms with Crippen LogP contribution in [0.1, 0.15) is 17.3 Å². The zero-order valence-corrected chi connectivity index (χ0v) is 17.4. The van der Waals surface area contributed by atoms with Crippen molar-refractivity contribution >= 4 is 27.3 Å². The van der Waals surface area contributed by atoms with Crippen LogP contribution in [0.3, 0.4) is 0 Å². The minimum Gasteiger partial charge on any atom is -0.497 e. The second-order valence-corrected chi connectivity index (χ2v) is 7.95. The lowest BCUT2D eigenvalue weighted by Crippen LogP contribution is -2.14. The van der Waals surface area contributed by atoms with E-state index < -0.39 is 10.0 Å². The first-order valence-corrected chi connectivity index (χ1v) is 10.7. The van der Waals surface area contributed by atoms with E-state index in [4.69, 9.17) is 9.47 Å².